The average molecular weight is 867 g/mol. The van der Waals surface area contributed by atoms with Gasteiger partial charge < -0.3 is 9.80 Å². The number of amides is 4. The van der Waals surface area contributed by atoms with Crippen LogP contribution in [0.2, 0.25) is 0 Å². The number of nitrogens with zero attached hydrogens (tertiary/aromatic N) is 6. The van der Waals surface area contributed by atoms with Gasteiger partial charge in [-0.05, 0) is 61.1 Å². The molecular weight excluding hydrogens is 825 g/mol. The van der Waals surface area contributed by atoms with Crippen molar-refractivity contribution in [3.63, 3.8) is 0 Å². The number of sulfonamides is 2. The van der Waals surface area contributed by atoms with Gasteiger partial charge in [-0.3, -0.25) is 38.4 Å². The van der Waals surface area contributed by atoms with Crippen molar-refractivity contribution in [1.29, 1.82) is 0 Å². The number of carbonyl (C=O) groups is 4. The lowest BCUT2D eigenvalue weighted by molar-refractivity contribution is -0.125. The third-order valence-electron chi connectivity index (χ3n) is 11.1. The molecule has 58 heavy (non-hydrogen) atoms. The summed E-state index contributed by atoms with van der Waals surface area (Å²) >= 11 is 2.61. The average Bonchev–Trinajstić information content (AvgIpc) is 3.98. The molecule has 4 amide bonds. The Kier molecular flexibility index (Phi) is 10.5. The summed E-state index contributed by atoms with van der Waals surface area (Å²) in [6, 6.07) is 10.6. The first-order valence-corrected chi connectivity index (χ1v) is 24.2. The molecule has 8 rings (SSSR count). The Hall–Kier alpha value is -4.60. The van der Waals surface area contributed by atoms with E-state index in [4.69, 9.17) is 9.97 Å². The van der Waals surface area contributed by atoms with Crippen LogP contribution in [0.25, 0.3) is 11.1 Å². The molecule has 4 aliphatic rings. The molecule has 20 heteroatoms. The second-order valence-electron chi connectivity index (χ2n) is 15.1. The fourth-order valence-corrected chi connectivity index (χ4v) is 11.4. The summed E-state index contributed by atoms with van der Waals surface area (Å²) < 4.78 is 50.5. The van der Waals surface area contributed by atoms with E-state index >= 15 is 0 Å². The van der Waals surface area contributed by atoms with Crippen LogP contribution in [0.1, 0.15) is 65.7 Å². The Bertz CT molecular complexity index is 2430. The van der Waals surface area contributed by atoms with E-state index in [1.165, 1.54) is 22.7 Å². The smallest absolute Gasteiger partial charge is 0.287 e. The highest BCUT2D eigenvalue weighted by atomic mass is 32.2. The molecule has 0 spiro atoms. The van der Waals surface area contributed by atoms with Gasteiger partial charge in [-0.25, -0.2) is 26.8 Å². The lowest BCUT2D eigenvalue weighted by Gasteiger charge is -2.30. The van der Waals surface area contributed by atoms with Crippen LogP contribution in [0.5, 0.6) is 0 Å². The largest absolute Gasteiger partial charge is 0.306 e. The zero-order valence-electron chi connectivity index (χ0n) is 32.3. The number of hydrogen-bond donors (Lipinski definition) is 2. The first-order valence-electron chi connectivity index (χ1n) is 18.8. The fourth-order valence-electron chi connectivity index (χ4n) is 8.17. The zero-order valence-corrected chi connectivity index (χ0v) is 35.5. The summed E-state index contributed by atoms with van der Waals surface area (Å²) in [5, 5.41) is 0.744. The van der Waals surface area contributed by atoms with Crippen LogP contribution in [-0.2, 0) is 68.4 Å². The molecule has 0 bridgehead atoms. The van der Waals surface area contributed by atoms with Gasteiger partial charge in [-0.2, -0.15) is 0 Å². The standard InChI is InChI=1S/C38H42N8O8S4/c1-21(33(47)41-57(3,51)52)43-15-13-27-31(19-43)55-35(39-27)37(49)45-17-11-25-23(7-5-9-29(25)45)24-8-6-10-30-26(24)12-18-46(30)38(50)36-40-28-14-16-44(20-32(28)56-36)22(2)34(48)42-58(4,53)54/h5-10,21-22H,11-20H2,1-4H3,(H,41,47)(H,42,48). The molecule has 0 saturated heterocycles. The fraction of sp³-hybridized carbons (Fsp3) is 0.421. The first-order chi connectivity index (χ1) is 27.5. The molecule has 16 nitrogen and oxygen atoms in total. The minimum absolute atomic E-state index is 0.194. The molecule has 306 valence electrons. The number of aromatic nitrogens is 2. The molecule has 2 aromatic heterocycles. The summed E-state index contributed by atoms with van der Waals surface area (Å²) in [6.45, 7) is 6.07. The molecule has 2 aromatic carbocycles. The van der Waals surface area contributed by atoms with E-state index in [0.717, 1.165) is 67.3 Å². The second kappa shape index (κ2) is 15.2. The lowest BCUT2D eigenvalue weighted by Crippen LogP contribution is -2.48. The number of hydrogen-bond acceptors (Lipinski definition) is 14. The lowest BCUT2D eigenvalue weighted by atomic mass is 9.93. The predicted octanol–water partition coefficient (Wildman–Crippen LogP) is 2.32. The van der Waals surface area contributed by atoms with Crippen molar-refractivity contribution in [1.82, 2.24) is 29.2 Å². The predicted molar refractivity (Wildman–Crippen MR) is 220 cm³/mol. The Labute approximate surface area is 344 Å². The number of thiazole rings is 2. The Balaban J connectivity index is 0.980. The van der Waals surface area contributed by atoms with Crippen LogP contribution in [0, 0.1) is 0 Å². The minimum atomic E-state index is -3.68. The maximum atomic E-state index is 14.0. The van der Waals surface area contributed by atoms with E-state index in [1.807, 2.05) is 43.5 Å². The van der Waals surface area contributed by atoms with Crippen molar-refractivity contribution in [2.75, 3.05) is 48.5 Å². The highest BCUT2D eigenvalue weighted by Crippen LogP contribution is 2.43. The molecule has 2 atom stereocenters. The minimum Gasteiger partial charge on any atom is -0.306 e. The van der Waals surface area contributed by atoms with E-state index in [0.29, 0.717) is 75.0 Å². The van der Waals surface area contributed by atoms with Crippen LogP contribution in [0.4, 0.5) is 11.4 Å². The molecular formula is C38H42N8O8S4. The van der Waals surface area contributed by atoms with E-state index < -0.39 is 43.9 Å². The van der Waals surface area contributed by atoms with E-state index in [9.17, 15) is 36.0 Å². The highest BCUT2D eigenvalue weighted by Gasteiger charge is 2.36. The van der Waals surface area contributed by atoms with Gasteiger partial charge in [0.25, 0.3) is 11.8 Å². The number of fused-ring (bicyclic) bond motifs is 4. The maximum absolute atomic E-state index is 14.0. The molecule has 2 unspecified atom stereocenters. The van der Waals surface area contributed by atoms with Crippen LogP contribution in [-0.4, -0.2) is 111 Å². The van der Waals surface area contributed by atoms with Gasteiger partial charge in [-0.15, -0.1) is 22.7 Å². The zero-order chi connectivity index (χ0) is 41.3. The van der Waals surface area contributed by atoms with Crippen molar-refractivity contribution >= 4 is 77.7 Å². The Morgan fingerprint density at radius 1 is 0.621 bits per heavy atom. The maximum Gasteiger partial charge on any atom is 0.287 e. The molecule has 6 heterocycles. The van der Waals surface area contributed by atoms with Gasteiger partial charge in [0.15, 0.2) is 10.0 Å². The monoisotopic (exact) mass is 866 g/mol. The highest BCUT2D eigenvalue weighted by molar-refractivity contribution is 7.89. The van der Waals surface area contributed by atoms with Gasteiger partial charge in [-0.1, -0.05) is 24.3 Å². The van der Waals surface area contributed by atoms with Gasteiger partial charge >= 0.3 is 0 Å². The summed E-state index contributed by atoms with van der Waals surface area (Å²) in [6.07, 6.45) is 4.25. The van der Waals surface area contributed by atoms with Crippen LogP contribution < -0.4 is 19.2 Å². The number of nitrogens with one attached hydrogen (secondary N) is 2. The molecule has 2 N–H and O–H groups in total. The van der Waals surface area contributed by atoms with Crippen LogP contribution in [0.15, 0.2) is 36.4 Å². The first kappa shape index (κ1) is 40.2. The van der Waals surface area contributed by atoms with Gasteiger partial charge in [0, 0.05) is 73.2 Å². The summed E-state index contributed by atoms with van der Waals surface area (Å²) in [4.78, 5) is 71.6. The van der Waals surface area contributed by atoms with Crippen molar-refractivity contribution < 1.29 is 36.0 Å². The molecule has 0 saturated carbocycles. The van der Waals surface area contributed by atoms with Crippen LogP contribution >= 0.6 is 22.7 Å². The molecule has 0 aliphatic carbocycles. The summed E-state index contributed by atoms with van der Waals surface area (Å²) in [5.41, 5.74) is 7.37. The van der Waals surface area contributed by atoms with Gasteiger partial charge in [0.05, 0.1) is 36.0 Å². The Morgan fingerprint density at radius 3 is 1.40 bits per heavy atom. The second-order valence-corrected chi connectivity index (χ2v) is 20.7. The number of benzene rings is 2. The molecule has 4 aromatic rings. The van der Waals surface area contributed by atoms with E-state index in [1.54, 1.807) is 23.6 Å². The van der Waals surface area contributed by atoms with Crippen molar-refractivity contribution in [3.8, 4) is 11.1 Å². The normalized spacial score (nSPS) is 17.9. The third kappa shape index (κ3) is 7.80. The van der Waals surface area contributed by atoms with Crippen molar-refractivity contribution in [2.45, 2.75) is 64.7 Å². The van der Waals surface area contributed by atoms with Gasteiger partial charge in [0.1, 0.15) is 0 Å². The number of rotatable bonds is 9. The van der Waals surface area contributed by atoms with Crippen LogP contribution in [0.3, 0.4) is 0 Å². The SMILES string of the molecule is CC(C(=O)NS(C)(=O)=O)N1CCc2nc(C(=O)N3CCc4c(-c5cccc6c5CCN6C(=O)c5nc6c(s5)CN(C(C)C(=O)NS(C)(=O)=O)CC6)cccc43)sc2C1. The summed E-state index contributed by atoms with van der Waals surface area (Å²) in [5.74, 6) is -1.58. The van der Waals surface area contributed by atoms with Gasteiger partial charge in [0.2, 0.25) is 31.9 Å². The molecule has 4 aliphatic heterocycles. The summed E-state index contributed by atoms with van der Waals surface area (Å²) in [7, 11) is -7.37. The third-order valence-corrected chi connectivity index (χ3v) is 14.4. The van der Waals surface area contributed by atoms with E-state index in [2.05, 4.69) is 12.1 Å². The van der Waals surface area contributed by atoms with Crippen molar-refractivity contribution in [3.05, 3.63) is 78.7 Å². The molecule has 0 fully saturated rings. The molecule has 0 radical (unpaired) electrons. The Morgan fingerprint density at radius 2 is 1.02 bits per heavy atom. The topological polar surface area (TPSA) is 199 Å². The van der Waals surface area contributed by atoms with E-state index in [-0.39, 0.29) is 11.8 Å². The van der Waals surface area contributed by atoms with Crippen molar-refractivity contribution in [2.24, 2.45) is 0 Å². The quantitative estimate of drug-likeness (QED) is 0.249. The number of carbonyl (C=O) groups excluding carboxylic acids is 4. The number of anilines is 2.